The number of benzene rings is 2. The summed E-state index contributed by atoms with van der Waals surface area (Å²) in [7, 11) is 0. The molecule has 0 radical (unpaired) electrons. The third kappa shape index (κ3) is 10.8. The molecule has 0 fully saturated rings. The highest BCUT2D eigenvalue weighted by Gasteiger charge is 2.22. The van der Waals surface area contributed by atoms with E-state index in [2.05, 4.69) is 10.6 Å². The molecule has 0 bridgehead atoms. The Balaban J connectivity index is 1.81. The van der Waals surface area contributed by atoms with Crippen LogP contribution in [-0.2, 0) is 20.9 Å². The second kappa shape index (κ2) is 15.4. The molecule has 0 unspecified atom stereocenters. The van der Waals surface area contributed by atoms with Gasteiger partial charge in [-0.25, -0.2) is 14.4 Å². The topological polar surface area (TPSA) is 154 Å². The van der Waals surface area contributed by atoms with Crippen molar-refractivity contribution in [2.24, 2.45) is 0 Å². The number of carbonyl (C=O) groups excluding carboxylic acids is 2. The van der Waals surface area contributed by atoms with Crippen molar-refractivity contribution in [2.45, 2.75) is 25.5 Å². The van der Waals surface area contributed by atoms with E-state index in [-0.39, 0.29) is 18.8 Å². The van der Waals surface area contributed by atoms with Crippen LogP contribution in [0.3, 0.4) is 0 Å². The first-order valence-electron chi connectivity index (χ1n) is 11.1. The Morgan fingerprint density at radius 1 is 0.892 bits per heavy atom. The Hall–Kier alpha value is -3.70. The van der Waals surface area contributed by atoms with E-state index in [0.717, 1.165) is 5.69 Å². The molecule has 0 heterocycles. The molecule has 0 saturated carbocycles. The van der Waals surface area contributed by atoms with Crippen LogP contribution in [0.2, 0.25) is 0 Å². The summed E-state index contributed by atoms with van der Waals surface area (Å²) < 4.78 is 10.2. The highest BCUT2D eigenvalue weighted by atomic mass is 35.5. The Kier molecular flexibility index (Phi) is 12.3. The number of amides is 2. The van der Waals surface area contributed by atoms with Gasteiger partial charge in [-0.3, -0.25) is 10.1 Å². The molecule has 0 aromatic heterocycles. The average molecular weight is 556 g/mol. The molecule has 4 N–H and O–H groups in total. The molecule has 0 spiro atoms. The highest BCUT2D eigenvalue weighted by molar-refractivity contribution is 6.18. The lowest BCUT2D eigenvalue weighted by atomic mass is 10.1. The number of aliphatic carboxylic acids is 2. The fourth-order valence-corrected chi connectivity index (χ4v) is 3.50. The van der Waals surface area contributed by atoms with Crippen molar-refractivity contribution >= 4 is 58.7 Å². The lowest BCUT2D eigenvalue weighted by Gasteiger charge is -2.23. The van der Waals surface area contributed by atoms with Crippen molar-refractivity contribution in [1.29, 1.82) is 0 Å². The van der Waals surface area contributed by atoms with Crippen LogP contribution < -0.4 is 20.3 Å². The van der Waals surface area contributed by atoms with Crippen LogP contribution in [0.5, 0.6) is 5.75 Å². The Morgan fingerprint density at radius 2 is 1.51 bits per heavy atom. The fraction of sp³-hybridized carbons (Fsp3) is 0.333. The maximum absolute atomic E-state index is 12.1. The van der Waals surface area contributed by atoms with E-state index in [9.17, 15) is 19.2 Å². The fourth-order valence-electron chi connectivity index (χ4n) is 3.09. The summed E-state index contributed by atoms with van der Waals surface area (Å²) in [5.74, 6) is -1.52. The normalized spacial score (nSPS) is 11.2. The number of anilines is 2. The van der Waals surface area contributed by atoms with Gasteiger partial charge in [0.25, 0.3) is 0 Å². The van der Waals surface area contributed by atoms with Gasteiger partial charge in [0.15, 0.2) is 0 Å². The molecular formula is C24H27Cl2N3O8. The van der Waals surface area contributed by atoms with Gasteiger partial charge in [-0.15, -0.1) is 23.2 Å². The molecule has 0 aliphatic carbocycles. The molecule has 2 amide bonds. The maximum atomic E-state index is 12.1. The van der Waals surface area contributed by atoms with Crippen LogP contribution in [0.4, 0.5) is 21.0 Å². The molecule has 1 atom stereocenters. The smallest absolute Gasteiger partial charge is 0.413 e. The summed E-state index contributed by atoms with van der Waals surface area (Å²) in [6.45, 7) is 1.24. The zero-order chi connectivity index (χ0) is 27.2. The zero-order valence-corrected chi connectivity index (χ0v) is 21.2. The van der Waals surface area contributed by atoms with E-state index in [1.54, 1.807) is 24.3 Å². The average Bonchev–Trinajstić information content (AvgIpc) is 2.86. The third-order valence-corrected chi connectivity index (χ3v) is 5.27. The zero-order valence-electron chi connectivity index (χ0n) is 19.7. The van der Waals surface area contributed by atoms with Gasteiger partial charge < -0.3 is 29.9 Å². The quantitative estimate of drug-likeness (QED) is 0.252. The number of nitrogens with one attached hydrogen (secondary N) is 2. The molecule has 13 heteroatoms. The Morgan fingerprint density at radius 3 is 2.05 bits per heavy atom. The van der Waals surface area contributed by atoms with Gasteiger partial charge in [-0.05, 0) is 48.4 Å². The van der Waals surface area contributed by atoms with Gasteiger partial charge in [0.1, 0.15) is 18.4 Å². The minimum absolute atomic E-state index is 0.0497. The predicted octanol–water partition coefficient (Wildman–Crippen LogP) is 4.13. The number of hydrogen-bond acceptors (Lipinski definition) is 7. The lowest BCUT2D eigenvalue weighted by Crippen LogP contribution is -2.42. The third-order valence-electron chi connectivity index (χ3n) is 4.93. The Bertz CT molecular complexity index is 1040. The lowest BCUT2D eigenvalue weighted by molar-refractivity contribution is -0.140. The summed E-state index contributed by atoms with van der Waals surface area (Å²) in [5.41, 5.74) is 2.08. The number of hydrogen-bond donors (Lipinski definition) is 4. The van der Waals surface area contributed by atoms with Gasteiger partial charge in [-0.1, -0.05) is 12.1 Å². The van der Waals surface area contributed by atoms with Crippen molar-refractivity contribution in [1.82, 2.24) is 5.32 Å². The number of nitrogens with zero attached hydrogens (tertiary/aromatic N) is 1. The van der Waals surface area contributed by atoms with E-state index in [1.807, 2.05) is 17.0 Å². The molecule has 2 rings (SSSR count). The second-order valence-corrected chi connectivity index (χ2v) is 8.37. The van der Waals surface area contributed by atoms with Gasteiger partial charge in [-0.2, -0.15) is 0 Å². The van der Waals surface area contributed by atoms with Crippen LogP contribution in [0.15, 0.2) is 48.5 Å². The predicted molar refractivity (Wildman–Crippen MR) is 138 cm³/mol. The largest absolute Gasteiger partial charge is 0.481 e. The van der Waals surface area contributed by atoms with E-state index >= 15 is 0 Å². The van der Waals surface area contributed by atoms with E-state index in [1.165, 1.54) is 12.1 Å². The van der Waals surface area contributed by atoms with Gasteiger partial charge in [0.2, 0.25) is 0 Å². The number of carbonyl (C=O) groups is 4. The Labute approximate surface area is 223 Å². The maximum Gasteiger partial charge on any atom is 0.413 e. The van der Waals surface area contributed by atoms with Crippen LogP contribution in [0.25, 0.3) is 0 Å². The molecule has 0 aliphatic heterocycles. The molecule has 2 aromatic rings. The highest BCUT2D eigenvalue weighted by Crippen LogP contribution is 2.19. The van der Waals surface area contributed by atoms with Crippen LogP contribution in [0, 0.1) is 0 Å². The van der Waals surface area contributed by atoms with Crippen molar-refractivity contribution in [3.05, 3.63) is 54.1 Å². The summed E-state index contributed by atoms with van der Waals surface area (Å²) >= 11 is 11.7. The minimum Gasteiger partial charge on any atom is -0.481 e. The number of ether oxygens (including phenoxy) is 2. The van der Waals surface area contributed by atoms with Crippen LogP contribution in [0.1, 0.15) is 18.4 Å². The monoisotopic (exact) mass is 555 g/mol. The van der Waals surface area contributed by atoms with Crippen LogP contribution >= 0.6 is 23.2 Å². The summed E-state index contributed by atoms with van der Waals surface area (Å²) in [4.78, 5) is 47.9. The van der Waals surface area contributed by atoms with Gasteiger partial charge >= 0.3 is 24.1 Å². The minimum atomic E-state index is -1.40. The first-order valence-corrected chi connectivity index (χ1v) is 12.2. The van der Waals surface area contributed by atoms with Crippen molar-refractivity contribution in [3.63, 3.8) is 0 Å². The number of carboxylic acid groups (broad SMARTS) is 2. The van der Waals surface area contributed by atoms with Crippen molar-refractivity contribution in [2.75, 3.05) is 35.1 Å². The van der Waals surface area contributed by atoms with E-state index in [0.29, 0.717) is 36.1 Å². The standard InChI is InChI=1S/C24H27Cl2N3O8/c25-11-13-29(14-12-26)18-5-3-17(4-6-18)27-23(34)36-15-16-1-7-19(8-2-16)37-24(35)28-20(22(32)33)9-10-21(30)31/h1-8,20H,9-15H2,(H,27,34)(H,28,35)(H,30,31)(H,32,33)/t20-/m0/s1. The molecule has 0 aliphatic rings. The molecule has 0 saturated heterocycles. The second-order valence-electron chi connectivity index (χ2n) is 7.61. The molecule has 37 heavy (non-hydrogen) atoms. The number of alkyl halides is 2. The number of rotatable bonds is 14. The number of carboxylic acids is 2. The number of halogens is 2. The summed E-state index contributed by atoms with van der Waals surface area (Å²) in [5, 5.41) is 22.5. The molecule has 11 nitrogen and oxygen atoms in total. The van der Waals surface area contributed by atoms with E-state index < -0.39 is 36.6 Å². The first-order chi connectivity index (χ1) is 17.7. The van der Waals surface area contributed by atoms with Crippen LogP contribution in [-0.4, -0.2) is 65.2 Å². The SMILES string of the molecule is O=C(O)CC[C@H](NC(=O)Oc1ccc(COC(=O)Nc2ccc(N(CCCl)CCCl)cc2)cc1)C(=O)O. The van der Waals surface area contributed by atoms with Gasteiger partial charge in [0.05, 0.1) is 0 Å². The summed E-state index contributed by atoms with van der Waals surface area (Å²) in [6.07, 6.45) is -2.41. The van der Waals surface area contributed by atoms with Gasteiger partial charge in [0, 0.05) is 42.6 Å². The molecule has 200 valence electrons. The van der Waals surface area contributed by atoms with E-state index in [4.69, 9.17) is 42.9 Å². The molecular weight excluding hydrogens is 529 g/mol. The van der Waals surface area contributed by atoms with Crippen molar-refractivity contribution in [3.8, 4) is 5.75 Å². The van der Waals surface area contributed by atoms with Crippen molar-refractivity contribution < 1.29 is 38.9 Å². The summed E-state index contributed by atoms with van der Waals surface area (Å²) in [6, 6.07) is 11.8. The molecule has 2 aromatic carbocycles. The first kappa shape index (κ1) is 29.5.